The van der Waals surface area contributed by atoms with Crippen molar-refractivity contribution in [3.05, 3.63) is 45.2 Å². The van der Waals surface area contributed by atoms with Crippen molar-refractivity contribution in [3.8, 4) is 5.75 Å². The van der Waals surface area contributed by atoms with E-state index in [0.717, 1.165) is 6.07 Å². The zero-order chi connectivity index (χ0) is 22.3. The first-order valence-electron chi connectivity index (χ1n) is 9.10. The standard InChI is InChI=1S/C19H23F3N4O3S/c1-5-28-17(27)15-10(2)25-16(30-15)11(3)26-19(23-4)24-9-12-13(20)7-6-8-14(12)29-18(21)22/h6-8,11,18H,5,9H2,1-4H3,(H2,23,24,26). The Morgan fingerprint density at radius 2 is 2.10 bits per heavy atom. The number of nitrogens with zero attached hydrogens (tertiary/aromatic N) is 2. The molecule has 2 rings (SSSR count). The molecular formula is C19H23F3N4O3S. The van der Waals surface area contributed by atoms with Crippen LogP contribution < -0.4 is 15.4 Å². The minimum absolute atomic E-state index is 0.0527. The molecule has 2 aromatic rings. The fourth-order valence-electron chi connectivity index (χ4n) is 2.54. The second-order valence-corrected chi connectivity index (χ2v) is 7.10. The first kappa shape index (κ1) is 23.5. The molecule has 30 heavy (non-hydrogen) atoms. The Kier molecular flexibility index (Phi) is 8.46. The van der Waals surface area contributed by atoms with E-state index in [9.17, 15) is 18.0 Å². The summed E-state index contributed by atoms with van der Waals surface area (Å²) in [6.45, 7) is 2.32. The van der Waals surface area contributed by atoms with Gasteiger partial charge in [-0.25, -0.2) is 14.2 Å². The molecule has 1 atom stereocenters. The predicted octanol–water partition coefficient (Wildman–Crippen LogP) is 3.79. The molecule has 0 saturated carbocycles. The van der Waals surface area contributed by atoms with Crippen molar-refractivity contribution >= 4 is 23.3 Å². The lowest BCUT2D eigenvalue weighted by Gasteiger charge is -2.17. The van der Waals surface area contributed by atoms with Crippen LogP contribution in [0.5, 0.6) is 5.75 Å². The van der Waals surface area contributed by atoms with Gasteiger partial charge in [-0.3, -0.25) is 4.99 Å². The Labute approximate surface area is 176 Å². The fourth-order valence-corrected chi connectivity index (χ4v) is 3.50. The monoisotopic (exact) mass is 444 g/mol. The first-order chi connectivity index (χ1) is 14.3. The Morgan fingerprint density at radius 1 is 1.37 bits per heavy atom. The molecule has 1 unspecified atom stereocenters. The van der Waals surface area contributed by atoms with Crippen LogP contribution in [0.2, 0.25) is 0 Å². The van der Waals surface area contributed by atoms with E-state index in [1.54, 1.807) is 13.8 Å². The lowest BCUT2D eigenvalue weighted by atomic mass is 10.2. The number of benzene rings is 1. The quantitative estimate of drug-likeness (QED) is 0.366. The number of carbonyl (C=O) groups excluding carboxylic acids is 1. The Bertz CT molecular complexity index is 905. The lowest BCUT2D eigenvalue weighted by molar-refractivity contribution is -0.0506. The number of hydrogen-bond donors (Lipinski definition) is 2. The highest BCUT2D eigenvalue weighted by molar-refractivity contribution is 7.13. The van der Waals surface area contributed by atoms with Crippen LogP contribution in [-0.4, -0.2) is 37.2 Å². The average Bonchev–Trinajstić information content (AvgIpc) is 3.08. The van der Waals surface area contributed by atoms with E-state index >= 15 is 0 Å². The van der Waals surface area contributed by atoms with Gasteiger partial charge < -0.3 is 20.1 Å². The molecule has 0 spiro atoms. The van der Waals surface area contributed by atoms with Crippen LogP contribution in [0.1, 0.15) is 45.8 Å². The largest absolute Gasteiger partial charge is 0.462 e. The number of guanidine groups is 1. The van der Waals surface area contributed by atoms with E-state index in [4.69, 9.17) is 4.74 Å². The first-order valence-corrected chi connectivity index (χ1v) is 9.92. The maximum Gasteiger partial charge on any atom is 0.387 e. The third kappa shape index (κ3) is 6.09. The van der Waals surface area contributed by atoms with Crippen LogP contribution >= 0.6 is 11.3 Å². The van der Waals surface area contributed by atoms with Crippen molar-refractivity contribution in [2.75, 3.05) is 13.7 Å². The molecule has 164 valence electrons. The minimum atomic E-state index is -3.07. The van der Waals surface area contributed by atoms with Gasteiger partial charge in [0.1, 0.15) is 21.5 Å². The molecule has 0 aliphatic heterocycles. The van der Waals surface area contributed by atoms with Gasteiger partial charge in [-0.05, 0) is 32.9 Å². The summed E-state index contributed by atoms with van der Waals surface area (Å²) in [5, 5.41) is 6.56. The molecule has 11 heteroatoms. The number of alkyl halides is 2. The normalized spacial score (nSPS) is 12.6. The van der Waals surface area contributed by atoms with Gasteiger partial charge in [-0.2, -0.15) is 8.78 Å². The Hall–Kier alpha value is -2.82. The third-order valence-corrected chi connectivity index (χ3v) is 5.27. The van der Waals surface area contributed by atoms with Gasteiger partial charge >= 0.3 is 12.6 Å². The van der Waals surface area contributed by atoms with Gasteiger partial charge in [0.25, 0.3) is 0 Å². The molecule has 2 N–H and O–H groups in total. The number of aromatic nitrogens is 1. The molecule has 0 aliphatic carbocycles. The van der Waals surface area contributed by atoms with Crippen molar-refractivity contribution in [2.24, 2.45) is 4.99 Å². The highest BCUT2D eigenvalue weighted by Crippen LogP contribution is 2.25. The van der Waals surface area contributed by atoms with E-state index in [0.29, 0.717) is 21.5 Å². The lowest BCUT2D eigenvalue weighted by Crippen LogP contribution is -2.38. The maximum absolute atomic E-state index is 14.1. The zero-order valence-electron chi connectivity index (χ0n) is 17.0. The number of carbonyl (C=O) groups is 1. The Balaban J connectivity index is 2.07. The van der Waals surface area contributed by atoms with Gasteiger partial charge in [0, 0.05) is 19.2 Å². The molecule has 1 aromatic carbocycles. The van der Waals surface area contributed by atoms with E-state index in [-0.39, 0.29) is 30.5 Å². The number of aryl methyl sites for hydroxylation is 1. The fraction of sp³-hybridized carbons (Fsp3) is 0.421. The molecular weight excluding hydrogens is 421 g/mol. The highest BCUT2D eigenvalue weighted by Gasteiger charge is 2.20. The van der Waals surface area contributed by atoms with Crippen LogP contribution in [0.25, 0.3) is 0 Å². The number of nitrogens with one attached hydrogen (secondary N) is 2. The molecule has 0 radical (unpaired) electrons. The highest BCUT2D eigenvalue weighted by atomic mass is 32.1. The second-order valence-electron chi connectivity index (χ2n) is 6.07. The van der Waals surface area contributed by atoms with E-state index in [2.05, 4.69) is 25.3 Å². The van der Waals surface area contributed by atoms with Crippen LogP contribution in [0.3, 0.4) is 0 Å². The van der Waals surface area contributed by atoms with Crippen LogP contribution in [0.15, 0.2) is 23.2 Å². The summed E-state index contributed by atoms with van der Waals surface area (Å²) < 4.78 is 48.6. The topological polar surface area (TPSA) is 84.8 Å². The van der Waals surface area contributed by atoms with E-state index in [1.807, 2.05) is 6.92 Å². The van der Waals surface area contributed by atoms with Crippen LogP contribution in [-0.2, 0) is 11.3 Å². The van der Waals surface area contributed by atoms with Crippen molar-refractivity contribution in [1.82, 2.24) is 15.6 Å². The van der Waals surface area contributed by atoms with E-state index in [1.165, 1.54) is 30.5 Å². The molecule has 0 amide bonds. The van der Waals surface area contributed by atoms with Crippen molar-refractivity contribution in [2.45, 2.75) is 40.0 Å². The number of aliphatic imine (C=N–C) groups is 1. The third-order valence-electron chi connectivity index (χ3n) is 3.95. The van der Waals surface area contributed by atoms with Gasteiger partial charge in [-0.1, -0.05) is 6.07 Å². The molecule has 0 bridgehead atoms. The van der Waals surface area contributed by atoms with Gasteiger partial charge in [0.05, 0.1) is 18.3 Å². The molecule has 7 nitrogen and oxygen atoms in total. The smallest absolute Gasteiger partial charge is 0.387 e. The Morgan fingerprint density at radius 3 is 2.73 bits per heavy atom. The summed E-state index contributed by atoms with van der Waals surface area (Å²) in [4.78, 5) is 20.8. The second kappa shape index (κ2) is 10.8. The minimum Gasteiger partial charge on any atom is -0.462 e. The molecule has 1 aromatic heterocycles. The van der Waals surface area contributed by atoms with Crippen LogP contribution in [0.4, 0.5) is 13.2 Å². The predicted molar refractivity (Wildman–Crippen MR) is 108 cm³/mol. The van der Waals surface area contributed by atoms with Gasteiger partial charge in [0.2, 0.25) is 0 Å². The average molecular weight is 444 g/mol. The number of rotatable bonds is 8. The number of halogens is 3. The van der Waals surface area contributed by atoms with E-state index < -0.39 is 18.4 Å². The number of hydrogen-bond acceptors (Lipinski definition) is 6. The van der Waals surface area contributed by atoms with Crippen LogP contribution in [0, 0.1) is 12.7 Å². The maximum atomic E-state index is 14.1. The molecule has 1 heterocycles. The molecule has 0 saturated heterocycles. The molecule has 0 fully saturated rings. The SMILES string of the molecule is CCOC(=O)c1sc(C(C)NC(=NC)NCc2c(F)cccc2OC(F)F)nc1C. The number of esters is 1. The summed E-state index contributed by atoms with van der Waals surface area (Å²) in [6, 6.07) is 3.38. The summed E-state index contributed by atoms with van der Waals surface area (Å²) in [7, 11) is 1.51. The summed E-state index contributed by atoms with van der Waals surface area (Å²) in [5.41, 5.74) is 0.508. The van der Waals surface area contributed by atoms with Crippen molar-refractivity contribution in [1.29, 1.82) is 0 Å². The summed E-state index contributed by atoms with van der Waals surface area (Å²) >= 11 is 1.20. The van der Waals surface area contributed by atoms with Gasteiger partial charge in [0.15, 0.2) is 5.96 Å². The van der Waals surface area contributed by atoms with Crippen molar-refractivity contribution < 1.29 is 27.4 Å². The van der Waals surface area contributed by atoms with Gasteiger partial charge in [-0.15, -0.1) is 11.3 Å². The number of thiazole rings is 1. The summed E-state index contributed by atoms with van der Waals surface area (Å²) in [6.07, 6.45) is 0. The number of ether oxygens (including phenoxy) is 2. The zero-order valence-corrected chi connectivity index (χ0v) is 17.8. The summed E-state index contributed by atoms with van der Waals surface area (Å²) in [5.74, 6) is -1.08. The molecule has 0 aliphatic rings. The van der Waals surface area contributed by atoms with Crippen molar-refractivity contribution in [3.63, 3.8) is 0 Å².